The van der Waals surface area contributed by atoms with Gasteiger partial charge in [0.05, 0.1) is 18.0 Å². The molecule has 1 aliphatic rings. The van der Waals surface area contributed by atoms with Gasteiger partial charge in [-0.1, -0.05) is 0 Å². The van der Waals surface area contributed by atoms with Crippen molar-refractivity contribution in [2.45, 2.75) is 19.8 Å². The number of fused-ring (bicyclic) bond motifs is 1. The summed E-state index contributed by atoms with van der Waals surface area (Å²) in [6.45, 7) is 3.71. The van der Waals surface area contributed by atoms with Crippen molar-refractivity contribution >= 4 is 17.5 Å². The maximum atomic E-state index is 12.7. The Bertz CT molecular complexity index is 983. The number of piperidine rings is 1. The van der Waals surface area contributed by atoms with Gasteiger partial charge in [0.2, 0.25) is 0 Å². The molecule has 4 heterocycles. The van der Waals surface area contributed by atoms with E-state index in [2.05, 4.69) is 10.4 Å². The molecular formula is C19H23N5O3. The molecule has 1 fully saturated rings. The molecule has 8 nitrogen and oxygen atoms in total. The highest BCUT2D eigenvalue weighted by Gasteiger charge is 2.27. The van der Waals surface area contributed by atoms with Gasteiger partial charge in [0.25, 0.3) is 11.8 Å². The SMILES string of the molecule is Cc1occc1C(=O)N1CCCC(CNC(=O)c2cnn3ccn(C)c23)C1. The van der Waals surface area contributed by atoms with E-state index in [1.807, 2.05) is 28.9 Å². The Balaban J connectivity index is 1.38. The topological polar surface area (TPSA) is 84.8 Å². The molecule has 0 saturated carbocycles. The first-order chi connectivity index (χ1) is 13.0. The molecule has 0 bridgehead atoms. The van der Waals surface area contributed by atoms with Crippen LogP contribution in [0.25, 0.3) is 5.65 Å². The van der Waals surface area contributed by atoms with Crippen molar-refractivity contribution in [3.63, 3.8) is 0 Å². The number of furan rings is 1. The number of likely N-dealkylation sites (tertiary alicyclic amines) is 1. The van der Waals surface area contributed by atoms with Crippen LogP contribution in [0.3, 0.4) is 0 Å². The van der Waals surface area contributed by atoms with Crippen molar-refractivity contribution in [1.29, 1.82) is 0 Å². The van der Waals surface area contributed by atoms with Crippen LogP contribution in [0.15, 0.2) is 35.3 Å². The van der Waals surface area contributed by atoms with Crippen molar-refractivity contribution < 1.29 is 14.0 Å². The van der Waals surface area contributed by atoms with Gasteiger partial charge in [-0.2, -0.15) is 5.10 Å². The molecule has 1 N–H and O–H groups in total. The monoisotopic (exact) mass is 369 g/mol. The minimum absolute atomic E-state index is 0.000528. The first-order valence-electron chi connectivity index (χ1n) is 9.15. The first kappa shape index (κ1) is 17.4. The fourth-order valence-corrected chi connectivity index (χ4v) is 3.74. The number of hydrogen-bond donors (Lipinski definition) is 1. The largest absolute Gasteiger partial charge is 0.469 e. The Morgan fingerprint density at radius 1 is 1.33 bits per heavy atom. The van der Waals surface area contributed by atoms with Crippen molar-refractivity contribution in [3.8, 4) is 0 Å². The van der Waals surface area contributed by atoms with Gasteiger partial charge in [-0.15, -0.1) is 0 Å². The lowest BCUT2D eigenvalue weighted by molar-refractivity contribution is 0.0669. The number of rotatable bonds is 4. The summed E-state index contributed by atoms with van der Waals surface area (Å²) >= 11 is 0. The molecule has 8 heteroatoms. The second-order valence-electron chi connectivity index (χ2n) is 7.10. The zero-order valence-electron chi connectivity index (χ0n) is 15.5. The number of carbonyl (C=O) groups is 2. The van der Waals surface area contributed by atoms with Gasteiger partial charge >= 0.3 is 0 Å². The summed E-state index contributed by atoms with van der Waals surface area (Å²) in [5, 5.41) is 7.21. The smallest absolute Gasteiger partial charge is 0.257 e. The predicted octanol–water partition coefficient (Wildman–Crippen LogP) is 1.86. The summed E-state index contributed by atoms with van der Waals surface area (Å²) in [5.41, 5.74) is 1.94. The van der Waals surface area contributed by atoms with Crippen LogP contribution in [0.4, 0.5) is 0 Å². The van der Waals surface area contributed by atoms with Crippen molar-refractivity contribution in [2.24, 2.45) is 13.0 Å². The molecule has 1 unspecified atom stereocenters. The minimum Gasteiger partial charge on any atom is -0.469 e. The van der Waals surface area contributed by atoms with E-state index >= 15 is 0 Å². The van der Waals surface area contributed by atoms with Gasteiger partial charge < -0.3 is 19.2 Å². The molecule has 0 aromatic carbocycles. The predicted molar refractivity (Wildman–Crippen MR) is 98.6 cm³/mol. The van der Waals surface area contributed by atoms with Gasteiger partial charge in [0.15, 0.2) is 0 Å². The third kappa shape index (κ3) is 3.22. The highest BCUT2D eigenvalue weighted by atomic mass is 16.3. The Morgan fingerprint density at radius 3 is 2.96 bits per heavy atom. The summed E-state index contributed by atoms with van der Waals surface area (Å²) in [6, 6.07) is 1.72. The van der Waals surface area contributed by atoms with E-state index in [0.29, 0.717) is 30.0 Å². The standard InChI is InChI=1S/C19H23N5O3/c1-13-15(5-9-27-13)19(26)23-6-3-4-14(12-23)10-20-17(25)16-11-21-24-8-7-22(2)18(16)24/h5,7-9,11,14H,3-4,6,10,12H2,1-2H3,(H,20,25). The van der Waals surface area contributed by atoms with E-state index in [1.54, 1.807) is 30.0 Å². The van der Waals surface area contributed by atoms with Crippen LogP contribution < -0.4 is 5.32 Å². The third-order valence-electron chi connectivity index (χ3n) is 5.23. The summed E-state index contributed by atoms with van der Waals surface area (Å²) in [5.74, 6) is 0.738. The number of aromatic nitrogens is 3. The number of nitrogens with zero attached hydrogens (tertiary/aromatic N) is 4. The second-order valence-corrected chi connectivity index (χ2v) is 7.10. The molecule has 4 rings (SSSR count). The Hall–Kier alpha value is -3.03. The maximum Gasteiger partial charge on any atom is 0.257 e. The minimum atomic E-state index is -0.138. The molecule has 1 aliphatic heterocycles. The zero-order valence-corrected chi connectivity index (χ0v) is 15.5. The molecule has 0 aliphatic carbocycles. The van der Waals surface area contributed by atoms with Gasteiger partial charge in [-0.25, -0.2) is 4.52 Å². The maximum absolute atomic E-state index is 12.7. The molecule has 0 spiro atoms. The highest BCUT2D eigenvalue weighted by Crippen LogP contribution is 2.20. The van der Waals surface area contributed by atoms with Crippen molar-refractivity contribution in [3.05, 3.63) is 47.8 Å². The number of carbonyl (C=O) groups excluding carboxylic acids is 2. The fourth-order valence-electron chi connectivity index (χ4n) is 3.74. The average molecular weight is 369 g/mol. The van der Waals surface area contributed by atoms with Gasteiger partial charge in [0, 0.05) is 39.1 Å². The van der Waals surface area contributed by atoms with E-state index in [4.69, 9.17) is 4.42 Å². The molecular weight excluding hydrogens is 346 g/mol. The third-order valence-corrected chi connectivity index (χ3v) is 5.23. The van der Waals surface area contributed by atoms with Gasteiger partial charge in [0.1, 0.15) is 17.0 Å². The fraction of sp³-hybridized carbons (Fsp3) is 0.421. The number of imidazole rings is 1. The Labute approximate surface area is 156 Å². The van der Waals surface area contributed by atoms with Crippen LogP contribution in [0.1, 0.15) is 39.3 Å². The van der Waals surface area contributed by atoms with Crippen LogP contribution in [-0.4, -0.2) is 50.5 Å². The highest BCUT2D eigenvalue weighted by molar-refractivity contribution is 5.99. The molecule has 0 radical (unpaired) electrons. The van der Waals surface area contributed by atoms with E-state index in [9.17, 15) is 9.59 Å². The van der Waals surface area contributed by atoms with Crippen LogP contribution in [0, 0.1) is 12.8 Å². The molecule has 3 aromatic heterocycles. The first-order valence-corrected chi connectivity index (χ1v) is 9.15. The van der Waals surface area contributed by atoms with Gasteiger partial charge in [-0.3, -0.25) is 9.59 Å². The molecule has 2 amide bonds. The van der Waals surface area contributed by atoms with Crippen LogP contribution >= 0.6 is 0 Å². The normalized spacial score (nSPS) is 17.4. The van der Waals surface area contributed by atoms with Crippen molar-refractivity contribution in [2.75, 3.05) is 19.6 Å². The summed E-state index contributed by atoms with van der Waals surface area (Å²) in [4.78, 5) is 27.1. The van der Waals surface area contributed by atoms with Crippen LogP contribution in [0.2, 0.25) is 0 Å². The van der Waals surface area contributed by atoms with Gasteiger partial charge in [-0.05, 0) is 31.7 Å². The van der Waals surface area contributed by atoms with E-state index in [1.165, 1.54) is 0 Å². The summed E-state index contributed by atoms with van der Waals surface area (Å²) in [6.07, 6.45) is 8.72. The van der Waals surface area contributed by atoms with E-state index < -0.39 is 0 Å². The lowest BCUT2D eigenvalue weighted by Gasteiger charge is -2.32. The second kappa shape index (κ2) is 6.94. The van der Waals surface area contributed by atoms with E-state index in [0.717, 1.165) is 25.0 Å². The summed E-state index contributed by atoms with van der Waals surface area (Å²) < 4.78 is 8.80. The average Bonchev–Trinajstić information content (AvgIpc) is 3.38. The molecule has 27 heavy (non-hydrogen) atoms. The van der Waals surface area contributed by atoms with E-state index in [-0.39, 0.29) is 17.7 Å². The Morgan fingerprint density at radius 2 is 2.19 bits per heavy atom. The van der Waals surface area contributed by atoms with Crippen LogP contribution in [-0.2, 0) is 7.05 Å². The number of aryl methyl sites for hydroxylation is 2. The zero-order chi connectivity index (χ0) is 19.0. The lowest BCUT2D eigenvalue weighted by Crippen LogP contribution is -2.43. The lowest BCUT2D eigenvalue weighted by atomic mass is 9.97. The number of amides is 2. The molecule has 3 aromatic rings. The quantitative estimate of drug-likeness (QED) is 0.761. The molecule has 1 saturated heterocycles. The Kier molecular flexibility index (Phi) is 4.47. The van der Waals surface area contributed by atoms with Crippen LogP contribution in [0.5, 0.6) is 0 Å². The summed E-state index contributed by atoms with van der Waals surface area (Å²) in [7, 11) is 1.89. The molecule has 1 atom stereocenters. The number of hydrogen-bond acceptors (Lipinski definition) is 4. The molecule has 142 valence electrons. The van der Waals surface area contributed by atoms with Crippen molar-refractivity contribution in [1.82, 2.24) is 24.4 Å². The number of nitrogens with one attached hydrogen (secondary N) is 1.